The summed E-state index contributed by atoms with van der Waals surface area (Å²) in [6.07, 6.45) is 1.32. The van der Waals surface area contributed by atoms with Crippen LogP contribution >= 0.6 is 34.8 Å². The minimum Gasteiger partial charge on any atom is -0.497 e. The molecule has 0 saturated heterocycles. The van der Waals surface area contributed by atoms with Crippen LogP contribution in [0.2, 0.25) is 15.9 Å². The molecule has 2 heterocycles. The molecule has 14 nitrogen and oxygen atoms in total. The first-order chi connectivity index (χ1) is 20.8. The number of benzene rings is 2. The van der Waals surface area contributed by atoms with E-state index in [9.17, 15) is 0 Å². The van der Waals surface area contributed by atoms with E-state index in [4.69, 9.17) is 60.2 Å². The van der Waals surface area contributed by atoms with E-state index >= 15 is 0 Å². The van der Waals surface area contributed by atoms with Crippen LogP contribution in [0.5, 0.6) is 11.5 Å². The molecule has 0 spiro atoms. The van der Waals surface area contributed by atoms with E-state index in [0.29, 0.717) is 37.4 Å². The van der Waals surface area contributed by atoms with Crippen LogP contribution in [-0.2, 0) is 0 Å². The van der Waals surface area contributed by atoms with Crippen molar-refractivity contribution in [1.82, 2.24) is 29.9 Å². The van der Waals surface area contributed by atoms with E-state index < -0.39 is 0 Å². The third kappa shape index (κ3) is 14.3. The quantitative estimate of drug-likeness (QED) is 0.118. The van der Waals surface area contributed by atoms with Crippen LogP contribution in [0, 0.1) is 0 Å². The zero-order chi connectivity index (χ0) is 31.5. The van der Waals surface area contributed by atoms with Crippen LogP contribution in [-0.4, -0.2) is 80.6 Å². The lowest BCUT2D eigenvalue weighted by atomic mass is 10.3. The Morgan fingerprint density at radius 1 is 0.628 bits per heavy atom. The van der Waals surface area contributed by atoms with Gasteiger partial charge in [-0.25, -0.2) is 0 Å². The number of aliphatic hydroxyl groups excluding tert-OH is 2. The molecular weight excluding hydrogens is 623 g/mol. The molecule has 0 unspecified atom stereocenters. The Morgan fingerprint density at radius 2 is 1.05 bits per heavy atom. The highest BCUT2D eigenvalue weighted by atomic mass is 35.5. The Balaban J connectivity index is 0.000000264. The molecule has 0 saturated carbocycles. The van der Waals surface area contributed by atoms with Gasteiger partial charge in [0.25, 0.3) is 0 Å². The summed E-state index contributed by atoms with van der Waals surface area (Å²) in [6.45, 7) is 1.47. The molecule has 0 aliphatic carbocycles. The Kier molecular flexibility index (Phi) is 16.6. The Bertz CT molecular complexity index is 1330. The third-order valence-electron chi connectivity index (χ3n) is 4.86. The number of aliphatic hydroxyl groups is 2. The molecule has 4 aromatic rings. The van der Waals surface area contributed by atoms with Gasteiger partial charge in [-0.15, -0.1) is 0 Å². The fourth-order valence-electron chi connectivity index (χ4n) is 2.84. The molecule has 43 heavy (non-hydrogen) atoms. The summed E-state index contributed by atoms with van der Waals surface area (Å²) in [7, 11) is 3.21. The lowest BCUT2D eigenvalue weighted by Gasteiger charge is -2.08. The summed E-state index contributed by atoms with van der Waals surface area (Å²) in [6, 6.07) is 14.6. The molecule has 2 aromatic carbocycles. The van der Waals surface area contributed by atoms with Gasteiger partial charge in [-0.05, 0) is 103 Å². The number of nitrogens with two attached hydrogens (primary N) is 1. The molecule has 4 rings (SSSR count). The summed E-state index contributed by atoms with van der Waals surface area (Å²) in [4.78, 5) is 23.6. The largest absolute Gasteiger partial charge is 0.497 e. The predicted molar refractivity (Wildman–Crippen MR) is 168 cm³/mol. The van der Waals surface area contributed by atoms with Crippen LogP contribution in [0.25, 0.3) is 0 Å². The molecule has 17 heteroatoms. The van der Waals surface area contributed by atoms with Gasteiger partial charge in [-0.3, -0.25) is 0 Å². The maximum atomic E-state index is 8.75. The Morgan fingerprint density at radius 3 is 1.44 bits per heavy atom. The number of hydrogen-bond donors (Lipinski definition) is 6. The van der Waals surface area contributed by atoms with Crippen molar-refractivity contribution in [3.05, 3.63) is 64.4 Å². The van der Waals surface area contributed by atoms with Gasteiger partial charge < -0.3 is 41.4 Å². The van der Waals surface area contributed by atoms with Gasteiger partial charge in [0.15, 0.2) is 0 Å². The minimum absolute atomic E-state index is 0.0426. The van der Waals surface area contributed by atoms with Crippen molar-refractivity contribution < 1.29 is 19.7 Å². The molecule has 232 valence electrons. The van der Waals surface area contributed by atoms with E-state index in [0.717, 1.165) is 29.3 Å². The highest BCUT2D eigenvalue weighted by Crippen LogP contribution is 2.20. The summed E-state index contributed by atoms with van der Waals surface area (Å²) < 4.78 is 10.1. The average molecular weight is 656 g/mol. The first kappa shape index (κ1) is 35.4. The third-order valence-corrected chi connectivity index (χ3v) is 5.37. The van der Waals surface area contributed by atoms with E-state index in [1.54, 1.807) is 14.2 Å². The zero-order valence-corrected chi connectivity index (χ0v) is 25.7. The molecule has 7 N–H and O–H groups in total. The number of ether oxygens (including phenoxy) is 2. The van der Waals surface area contributed by atoms with Crippen molar-refractivity contribution in [3.8, 4) is 11.5 Å². The van der Waals surface area contributed by atoms with Crippen LogP contribution < -0.4 is 31.2 Å². The lowest BCUT2D eigenvalue weighted by molar-refractivity contribution is 0.291. The number of hydrogen-bond acceptors (Lipinski definition) is 14. The molecule has 2 aromatic heterocycles. The fourth-order valence-corrected chi connectivity index (χ4v) is 3.37. The van der Waals surface area contributed by atoms with Crippen molar-refractivity contribution in [2.45, 2.75) is 12.8 Å². The second-order valence-corrected chi connectivity index (χ2v) is 9.04. The van der Waals surface area contributed by atoms with Crippen molar-refractivity contribution in [1.29, 1.82) is 0 Å². The molecule has 0 radical (unpaired) electrons. The summed E-state index contributed by atoms with van der Waals surface area (Å²) in [5.74, 6) is 2.52. The van der Waals surface area contributed by atoms with Gasteiger partial charge in [-0.1, -0.05) is 0 Å². The number of nitrogens with one attached hydrogen (secondary N) is 3. The molecule has 0 atom stereocenters. The van der Waals surface area contributed by atoms with Crippen LogP contribution in [0.1, 0.15) is 12.8 Å². The van der Waals surface area contributed by atoms with Crippen molar-refractivity contribution >= 4 is 64.0 Å². The van der Waals surface area contributed by atoms with Gasteiger partial charge in [0, 0.05) is 31.1 Å². The number of halogens is 3. The molecule has 0 aliphatic heterocycles. The zero-order valence-electron chi connectivity index (χ0n) is 23.5. The predicted octanol–water partition coefficient (Wildman–Crippen LogP) is 4.33. The molecule has 0 fully saturated rings. The van der Waals surface area contributed by atoms with Gasteiger partial charge in [0.05, 0.1) is 14.2 Å². The number of anilines is 5. The van der Waals surface area contributed by atoms with Crippen molar-refractivity contribution in [2.75, 3.05) is 56.5 Å². The number of aromatic nitrogens is 6. The van der Waals surface area contributed by atoms with E-state index in [1.807, 2.05) is 48.5 Å². The Hall–Kier alpha value is -3.79. The minimum atomic E-state index is 0.0426. The van der Waals surface area contributed by atoms with Crippen molar-refractivity contribution in [3.63, 3.8) is 0 Å². The number of methoxy groups -OCH3 is 2. The fraction of sp³-hybridized carbons (Fsp3) is 0.308. The second-order valence-electron chi connectivity index (χ2n) is 8.03. The maximum Gasteiger partial charge on any atom is 0.233 e. The van der Waals surface area contributed by atoms with Crippen LogP contribution in [0.4, 0.5) is 29.2 Å². The summed E-state index contributed by atoms with van der Waals surface area (Å²) in [5, 5.41) is 25.9. The molecule has 0 bridgehead atoms. The van der Waals surface area contributed by atoms with E-state index in [1.165, 1.54) is 0 Å². The smallest absolute Gasteiger partial charge is 0.233 e. The highest BCUT2D eigenvalue weighted by molar-refractivity contribution is 6.31. The SMILES string of the molecule is COc1ccc(Nc2nc(Cl)nc(Cl)n2)cc1.COc1ccc(Nc2nc(Cl)nc(NCCCO)n2)cc1.NCCCO. The monoisotopic (exact) mass is 654 g/mol. The number of nitrogens with zero attached hydrogens (tertiary/aromatic N) is 6. The first-order valence-electron chi connectivity index (χ1n) is 12.8. The van der Waals surface area contributed by atoms with Gasteiger partial charge in [0.1, 0.15) is 11.5 Å². The standard InChI is InChI=1S/C13H16ClN5O2.C10H8Cl2N4O.C3H9NO/c1-21-10-5-3-9(4-6-10)16-13-18-11(14)17-12(19-13)15-7-2-8-20;1-17-7-4-2-6(3-5-7)13-10-15-8(11)14-9(12)16-10;4-2-1-3-5/h3-6,20H,2,7-8H2,1H3,(H2,15,16,17,18,19);2-5H,1H3,(H,13,14,15,16);5H,1-4H2. The highest BCUT2D eigenvalue weighted by Gasteiger charge is 2.06. The lowest BCUT2D eigenvalue weighted by Crippen LogP contribution is -2.09. The van der Waals surface area contributed by atoms with Gasteiger partial charge >= 0.3 is 0 Å². The van der Waals surface area contributed by atoms with E-state index in [-0.39, 0.29) is 29.1 Å². The normalized spacial score (nSPS) is 9.95. The van der Waals surface area contributed by atoms with Gasteiger partial charge in [-0.2, -0.15) is 29.9 Å². The topological polar surface area (TPSA) is 198 Å². The first-order valence-corrected chi connectivity index (χ1v) is 13.9. The molecular formula is C26H33Cl3N10O4. The Labute approximate surface area is 264 Å². The van der Waals surface area contributed by atoms with Crippen LogP contribution in [0.3, 0.4) is 0 Å². The molecule has 0 aliphatic rings. The van der Waals surface area contributed by atoms with E-state index in [2.05, 4.69) is 45.9 Å². The van der Waals surface area contributed by atoms with Gasteiger partial charge in [0.2, 0.25) is 33.7 Å². The maximum absolute atomic E-state index is 8.75. The van der Waals surface area contributed by atoms with Crippen LogP contribution in [0.15, 0.2) is 48.5 Å². The summed E-state index contributed by atoms with van der Waals surface area (Å²) >= 11 is 17.2. The second kappa shape index (κ2) is 20.2. The molecule has 0 amide bonds. The van der Waals surface area contributed by atoms with Crippen molar-refractivity contribution in [2.24, 2.45) is 5.73 Å². The summed E-state index contributed by atoms with van der Waals surface area (Å²) in [5.41, 5.74) is 6.58. The average Bonchev–Trinajstić information content (AvgIpc) is 2.98. The number of rotatable bonds is 12.